The molecule has 0 radical (unpaired) electrons. The number of urea groups is 1. The predicted octanol–water partition coefficient (Wildman–Crippen LogP) is 3.53. The summed E-state index contributed by atoms with van der Waals surface area (Å²) in [6.45, 7) is 1.94. The minimum Gasteiger partial charge on any atom is -0.505 e. The molecule has 9 nitrogen and oxygen atoms in total. The van der Waals surface area contributed by atoms with E-state index in [1.165, 1.54) is 23.9 Å². The van der Waals surface area contributed by atoms with E-state index in [0.29, 0.717) is 17.1 Å². The van der Waals surface area contributed by atoms with Gasteiger partial charge in [0, 0.05) is 13.2 Å². The molecule has 0 fully saturated rings. The number of aromatic hydroxyl groups is 1. The van der Waals surface area contributed by atoms with Gasteiger partial charge in [0.15, 0.2) is 5.69 Å². The van der Waals surface area contributed by atoms with E-state index in [0.717, 1.165) is 5.56 Å². The smallest absolute Gasteiger partial charge is 0.319 e. The maximum Gasteiger partial charge on any atom is 0.319 e. The van der Waals surface area contributed by atoms with E-state index < -0.39 is 35.8 Å². The van der Waals surface area contributed by atoms with Crippen LogP contribution in [0.15, 0.2) is 65.6 Å². The van der Waals surface area contributed by atoms with Gasteiger partial charge in [0.25, 0.3) is 5.56 Å². The van der Waals surface area contributed by atoms with Gasteiger partial charge < -0.3 is 30.2 Å². The number of benzene rings is 2. The number of ether oxygens (including phenoxy) is 1. The van der Waals surface area contributed by atoms with Gasteiger partial charge in [0.05, 0.1) is 12.5 Å². The van der Waals surface area contributed by atoms with Crippen molar-refractivity contribution in [2.45, 2.75) is 19.4 Å². The second-order valence-electron chi connectivity index (χ2n) is 7.23. The number of hydrogen-bond donors (Lipinski definition) is 4. The van der Waals surface area contributed by atoms with E-state index >= 15 is 0 Å². The van der Waals surface area contributed by atoms with Crippen LogP contribution in [0, 0.1) is 6.92 Å². The van der Waals surface area contributed by atoms with Crippen molar-refractivity contribution in [3.05, 3.63) is 82.3 Å². The van der Waals surface area contributed by atoms with Crippen molar-refractivity contribution in [3.63, 3.8) is 0 Å². The summed E-state index contributed by atoms with van der Waals surface area (Å²) in [6, 6.07) is 13.7. The number of pyridine rings is 1. The quantitative estimate of drug-likeness (QED) is 0.447. The summed E-state index contributed by atoms with van der Waals surface area (Å²) in [5.74, 6) is -0.427. The van der Waals surface area contributed by atoms with Crippen molar-refractivity contribution in [1.82, 2.24) is 9.88 Å². The number of anilines is 1. The second kappa shape index (κ2) is 9.69. The third kappa shape index (κ3) is 5.66. The number of nitrogens with one attached hydrogen (secondary N) is 2. The fourth-order valence-corrected chi connectivity index (χ4v) is 3.08. The number of nitrogens with zero attached hydrogens (tertiary/aromatic N) is 1. The largest absolute Gasteiger partial charge is 0.505 e. The molecule has 2 aromatic carbocycles. The van der Waals surface area contributed by atoms with E-state index in [2.05, 4.69) is 10.6 Å². The molecule has 0 aliphatic carbocycles. The van der Waals surface area contributed by atoms with Crippen LogP contribution in [0.1, 0.15) is 23.6 Å². The lowest BCUT2D eigenvalue weighted by atomic mass is 10.0. The van der Waals surface area contributed by atoms with Gasteiger partial charge >= 0.3 is 12.0 Å². The first-order valence-electron chi connectivity index (χ1n) is 9.75. The van der Waals surface area contributed by atoms with Crippen LogP contribution in [0.25, 0.3) is 0 Å². The Labute approximate surface area is 183 Å². The third-order valence-electron chi connectivity index (χ3n) is 4.65. The van der Waals surface area contributed by atoms with E-state index in [-0.39, 0.29) is 5.69 Å². The Kier molecular flexibility index (Phi) is 6.79. The lowest BCUT2D eigenvalue weighted by molar-refractivity contribution is -0.137. The van der Waals surface area contributed by atoms with Crippen LogP contribution < -0.4 is 20.9 Å². The molecule has 0 aliphatic rings. The molecule has 0 spiro atoms. The summed E-state index contributed by atoms with van der Waals surface area (Å²) in [7, 11) is 1.47. The average molecular weight is 437 g/mol. The molecule has 32 heavy (non-hydrogen) atoms. The number of carbonyl (C=O) groups is 2. The number of aliphatic carboxylic acids is 1. The Bertz CT molecular complexity index is 1200. The third-order valence-corrected chi connectivity index (χ3v) is 4.65. The van der Waals surface area contributed by atoms with Crippen molar-refractivity contribution < 1.29 is 24.5 Å². The van der Waals surface area contributed by atoms with Gasteiger partial charge in [-0.15, -0.1) is 0 Å². The molecule has 1 aromatic heterocycles. The highest BCUT2D eigenvalue weighted by atomic mass is 16.5. The predicted molar refractivity (Wildman–Crippen MR) is 118 cm³/mol. The zero-order chi connectivity index (χ0) is 23.3. The maximum atomic E-state index is 12.5. The number of aromatic nitrogens is 1. The van der Waals surface area contributed by atoms with Crippen molar-refractivity contribution in [1.29, 1.82) is 0 Å². The first-order chi connectivity index (χ1) is 15.2. The lowest BCUT2D eigenvalue weighted by Crippen LogP contribution is -2.35. The fourth-order valence-electron chi connectivity index (χ4n) is 3.08. The highest BCUT2D eigenvalue weighted by Gasteiger charge is 2.20. The number of aryl methyl sites for hydroxylation is 2. The van der Waals surface area contributed by atoms with Crippen LogP contribution >= 0.6 is 0 Å². The first kappa shape index (κ1) is 22.4. The molecule has 3 rings (SSSR count). The molecule has 1 heterocycles. The molecule has 2 amide bonds. The SMILES string of the molecule is Cc1cccc(Oc2cccc([C@H](CC(=O)O)NC(=O)Nc3c(O)ccn(C)c3=O)c2)c1. The number of carboxylic acids is 1. The molecule has 0 saturated heterocycles. The van der Waals surface area contributed by atoms with Gasteiger partial charge in [-0.05, 0) is 48.4 Å². The van der Waals surface area contributed by atoms with Crippen molar-refractivity contribution >= 4 is 17.7 Å². The molecule has 166 valence electrons. The standard InChI is InChI=1S/C23H23N3O6/c1-14-5-3-7-16(11-14)32-17-8-4-6-15(12-17)18(13-20(28)29)24-23(31)25-21-19(27)9-10-26(2)22(21)30/h3-12,18,27H,13H2,1-2H3,(H,28,29)(H2,24,25,31)/t18-/m0/s1. The molecule has 0 saturated carbocycles. The lowest BCUT2D eigenvalue weighted by Gasteiger charge is -2.19. The van der Waals surface area contributed by atoms with Gasteiger partial charge in [-0.3, -0.25) is 9.59 Å². The van der Waals surface area contributed by atoms with E-state index in [1.54, 1.807) is 30.3 Å². The molecular formula is C23H23N3O6. The zero-order valence-electron chi connectivity index (χ0n) is 17.5. The molecule has 3 aromatic rings. The summed E-state index contributed by atoms with van der Waals surface area (Å²) in [6.07, 6.45) is 0.952. The Morgan fingerprint density at radius 1 is 1.09 bits per heavy atom. The highest BCUT2D eigenvalue weighted by molar-refractivity contribution is 5.91. The fraction of sp³-hybridized carbons (Fsp3) is 0.174. The summed E-state index contributed by atoms with van der Waals surface area (Å²) in [5.41, 5.74) is 0.607. The van der Waals surface area contributed by atoms with Crippen LogP contribution in [-0.2, 0) is 11.8 Å². The van der Waals surface area contributed by atoms with E-state index in [1.807, 2.05) is 25.1 Å². The molecule has 0 unspecified atom stereocenters. The van der Waals surface area contributed by atoms with Crippen LogP contribution in [0.2, 0.25) is 0 Å². The summed E-state index contributed by atoms with van der Waals surface area (Å²) >= 11 is 0. The second-order valence-corrected chi connectivity index (χ2v) is 7.23. The van der Waals surface area contributed by atoms with Gasteiger partial charge in [-0.1, -0.05) is 24.3 Å². The van der Waals surface area contributed by atoms with Crippen molar-refractivity contribution in [2.75, 3.05) is 5.32 Å². The minimum absolute atomic E-state index is 0.307. The van der Waals surface area contributed by atoms with Crippen LogP contribution in [0.4, 0.5) is 10.5 Å². The molecule has 9 heteroatoms. The van der Waals surface area contributed by atoms with Crippen LogP contribution in [-0.4, -0.2) is 26.8 Å². The molecular weight excluding hydrogens is 414 g/mol. The van der Waals surface area contributed by atoms with E-state index in [9.17, 15) is 24.6 Å². The van der Waals surface area contributed by atoms with Gasteiger partial charge in [-0.2, -0.15) is 0 Å². The number of amides is 2. The monoisotopic (exact) mass is 437 g/mol. The topological polar surface area (TPSA) is 130 Å². The normalized spacial score (nSPS) is 11.4. The Balaban J connectivity index is 1.81. The van der Waals surface area contributed by atoms with Crippen molar-refractivity contribution in [3.8, 4) is 17.2 Å². The molecule has 4 N–H and O–H groups in total. The average Bonchev–Trinajstić information content (AvgIpc) is 2.73. The number of rotatable bonds is 7. The molecule has 0 bridgehead atoms. The van der Waals surface area contributed by atoms with Gasteiger partial charge in [0.1, 0.15) is 17.2 Å². The van der Waals surface area contributed by atoms with Gasteiger partial charge in [-0.25, -0.2) is 4.79 Å². The maximum absolute atomic E-state index is 12.5. The van der Waals surface area contributed by atoms with Crippen LogP contribution in [0.5, 0.6) is 17.2 Å². The zero-order valence-corrected chi connectivity index (χ0v) is 17.5. The number of carboxylic acid groups (broad SMARTS) is 1. The Morgan fingerprint density at radius 3 is 2.47 bits per heavy atom. The Morgan fingerprint density at radius 2 is 1.78 bits per heavy atom. The van der Waals surface area contributed by atoms with Crippen molar-refractivity contribution in [2.24, 2.45) is 7.05 Å². The van der Waals surface area contributed by atoms with Crippen LogP contribution in [0.3, 0.4) is 0 Å². The van der Waals surface area contributed by atoms with Gasteiger partial charge in [0.2, 0.25) is 0 Å². The highest BCUT2D eigenvalue weighted by Crippen LogP contribution is 2.27. The first-order valence-corrected chi connectivity index (χ1v) is 9.75. The minimum atomic E-state index is -1.13. The molecule has 1 atom stereocenters. The summed E-state index contributed by atoms with van der Waals surface area (Å²) in [5, 5.41) is 24.0. The van der Waals surface area contributed by atoms with E-state index in [4.69, 9.17) is 4.74 Å². The summed E-state index contributed by atoms with van der Waals surface area (Å²) in [4.78, 5) is 36.0. The Hall–Kier alpha value is -4.27. The number of carbonyl (C=O) groups excluding carboxylic acids is 1. The summed E-state index contributed by atoms with van der Waals surface area (Å²) < 4.78 is 7.04. The molecule has 0 aliphatic heterocycles. The number of hydrogen-bond acceptors (Lipinski definition) is 5.